The summed E-state index contributed by atoms with van der Waals surface area (Å²) in [6.07, 6.45) is 3.38. The molecule has 0 radical (unpaired) electrons. The fourth-order valence-corrected chi connectivity index (χ4v) is 1.70. The Kier molecular flexibility index (Phi) is 2.28. The first-order valence-electron chi connectivity index (χ1n) is 4.08. The Morgan fingerprint density at radius 2 is 2.21 bits per heavy atom. The number of hydrogen-bond donors (Lipinski definition) is 0. The van der Waals surface area contributed by atoms with Gasteiger partial charge in [0.05, 0.1) is 0 Å². The number of thioether (sulfide) groups is 1. The van der Waals surface area contributed by atoms with Crippen molar-refractivity contribution in [1.82, 2.24) is 19.7 Å². The molecule has 0 unspecified atom stereocenters. The summed E-state index contributed by atoms with van der Waals surface area (Å²) in [4.78, 5) is 4.10. The van der Waals surface area contributed by atoms with Gasteiger partial charge in [-0.25, -0.2) is 4.98 Å². The van der Waals surface area contributed by atoms with E-state index in [-0.39, 0.29) is 0 Å². The lowest BCUT2D eigenvalue weighted by Crippen LogP contribution is -1.95. The Morgan fingerprint density at radius 3 is 2.71 bits per heavy atom. The molecule has 0 atom stereocenters. The summed E-state index contributed by atoms with van der Waals surface area (Å²) in [5.41, 5.74) is 0.750. The number of aromatic nitrogens is 4. The average molecular weight is 210 g/mol. The van der Waals surface area contributed by atoms with E-state index >= 15 is 0 Å². The molecule has 0 aliphatic rings. The zero-order valence-electron chi connectivity index (χ0n) is 8.18. The van der Waals surface area contributed by atoms with Crippen LogP contribution in [0.15, 0.2) is 16.0 Å². The Morgan fingerprint density at radius 1 is 1.43 bits per heavy atom. The lowest BCUT2D eigenvalue weighted by molar-refractivity contribution is 0.527. The molecule has 74 valence electrons. The third-order valence-electron chi connectivity index (χ3n) is 1.97. The third kappa shape index (κ3) is 1.31. The summed E-state index contributed by atoms with van der Waals surface area (Å²) in [5.74, 6) is 1.49. The SMILES string of the molecule is CSc1nnc(-c2ncoc2C)n1C. The summed E-state index contributed by atoms with van der Waals surface area (Å²) in [6.45, 7) is 1.86. The van der Waals surface area contributed by atoms with Crippen molar-refractivity contribution in [1.29, 1.82) is 0 Å². The molecular weight excluding hydrogens is 200 g/mol. The van der Waals surface area contributed by atoms with Gasteiger partial charge in [-0.05, 0) is 13.2 Å². The number of aryl methyl sites for hydroxylation is 1. The molecule has 0 fully saturated rings. The van der Waals surface area contributed by atoms with Crippen LogP contribution in [0.1, 0.15) is 5.76 Å². The molecule has 0 amide bonds. The third-order valence-corrected chi connectivity index (χ3v) is 2.69. The Labute approximate surface area is 85.5 Å². The van der Waals surface area contributed by atoms with Crippen LogP contribution in [0.5, 0.6) is 0 Å². The monoisotopic (exact) mass is 210 g/mol. The molecule has 0 aliphatic heterocycles. The van der Waals surface area contributed by atoms with E-state index in [1.54, 1.807) is 11.8 Å². The molecule has 2 heterocycles. The molecule has 0 N–H and O–H groups in total. The van der Waals surface area contributed by atoms with E-state index in [2.05, 4.69) is 15.2 Å². The first-order valence-corrected chi connectivity index (χ1v) is 5.30. The summed E-state index contributed by atoms with van der Waals surface area (Å²) < 4.78 is 7.02. The standard InChI is InChI=1S/C8H10N4OS/c1-5-6(9-4-13-5)7-10-11-8(14-3)12(7)2/h4H,1-3H3. The smallest absolute Gasteiger partial charge is 0.191 e. The van der Waals surface area contributed by atoms with Crippen molar-refractivity contribution < 1.29 is 4.42 Å². The maximum absolute atomic E-state index is 5.12. The molecule has 0 saturated carbocycles. The lowest BCUT2D eigenvalue weighted by atomic mass is 10.3. The topological polar surface area (TPSA) is 56.7 Å². The van der Waals surface area contributed by atoms with Crippen LogP contribution in [-0.4, -0.2) is 26.0 Å². The Bertz CT molecular complexity index is 448. The van der Waals surface area contributed by atoms with E-state index < -0.39 is 0 Å². The van der Waals surface area contributed by atoms with Crippen molar-refractivity contribution in [3.05, 3.63) is 12.2 Å². The molecule has 0 bridgehead atoms. The van der Waals surface area contributed by atoms with Crippen LogP contribution in [-0.2, 0) is 7.05 Å². The maximum Gasteiger partial charge on any atom is 0.191 e. The summed E-state index contributed by atoms with van der Waals surface area (Å²) >= 11 is 1.55. The average Bonchev–Trinajstić information content (AvgIpc) is 2.72. The second-order valence-corrected chi connectivity index (χ2v) is 3.60. The van der Waals surface area contributed by atoms with Crippen molar-refractivity contribution >= 4 is 11.8 Å². The van der Waals surface area contributed by atoms with Crippen molar-refractivity contribution in [3.8, 4) is 11.5 Å². The highest BCUT2D eigenvalue weighted by molar-refractivity contribution is 7.98. The van der Waals surface area contributed by atoms with Crippen molar-refractivity contribution in [2.24, 2.45) is 7.05 Å². The molecule has 2 rings (SSSR count). The number of oxazole rings is 1. The minimum atomic E-state index is 0.737. The molecule has 6 heteroatoms. The van der Waals surface area contributed by atoms with Gasteiger partial charge in [-0.2, -0.15) is 0 Å². The predicted octanol–water partition coefficient (Wildman–Crippen LogP) is 1.50. The van der Waals surface area contributed by atoms with Crippen LogP contribution in [0.25, 0.3) is 11.5 Å². The van der Waals surface area contributed by atoms with Gasteiger partial charge >= 0.3 is 0 Å². The molecule has 0 aromatic carbocycles. The van der Waals surface area contributed by atoms with Gasteiger partial charge in [-0.15, -0.1) is 10.2 Å². The van der Waals surface area contributed by atoms with Crippen LogP contribution in [0.4, 0.5) is 0 Å². The van der Waals surface area contributed by atoms with Gasteiger partial charge < -0.3 is 8.98 Å². The summed E-state index contributed by atoms with van der Waals surface area (Å²) in [7, 11) is 1.91. The second kappa shape index (κ2) is 3.45. The molecule has 0 aliphatic carbocycles. The molecule has 14 heavy (non-hydrogen) atoms. The van der Waals surface area contributed by atoms with Gasteiger partial charge in [0, 0.05) is 7.05 Å². The van der Waals surface area contributed by atoms with Crippen molar-refractivity contribution in [2.45, 2.75) is 12.1 Å². The van der Waals surface area contributed by atoms with Crippen molar-refractivity contribution in [2.75, 3.05) is 6.26 Å². The van der Waals surface area contributed by atoms with Crippen LogP contribution in [0.3, 0.4) is 0 Å². The normalized spacial score (nSPS) is 10.8. The van der Waals surface area contributed by atoms with Crippen LogP contribution in [0.2, 0.25) is 0 Å². The number of nitrogens with zero attached hydrogens (tertiary/aromatic N) is 4. The highest BCUT2D eigenvalue weighted by atomic mass is 32.2. The Hall–Kier alpha value is -1.30. The maximum atomic E-state index is 5.12. The molecular formula is C8H10N4OS. The van der Waals surface area contributed by atoms with Crippen LogP contribution in [0, 0.1) is 6.92 Å². The highest BCUT2D eigenvalue weighted by Crippen LogP contribution is 2.22. The molecule has 5 nitrogen and oxygen atoms in total. The zero-order valence-corrected chi connectivity index (χ0v) is 9.00. The fraction of sp³-hybridized carbons (Fsp3) is 0.375. The van der Waals surface area contributed by atoms with E-state index in [0.717, 1.165) is 22.4 Å². The molecule has 0 saturated heterocycles. The van der Waals surface area contributed by atoms with E-state index in [4.69, 9.17) is 4.42 Å². The second-order valence-electron chi connectivity index (χ2n) is 2.83. The first-order chi connectivity index (χ1) is 6.74. The largest absolute Gasteiger partial charge is 0.448 e. The van der Waals surface area contributed by atoms with E-state index in [1.807, 2.05) is 24.8 Å². The first kappa shape index (κ1) is 9.26. The van der Waals surface area contributed by atoms with E-state index in [0.29, 0.717) is 0 Å². The molecule has 2 aromatic heterocycles. The van der Waals surface area contributed by atoms with Gasteiger partial charge in [0.25, 0.3) is 0 Å². The van der Waals surface area contributed by atoms with Gasteiger partial charge in [0.2, 0.25) is 0 Å². The van der Waals surface area contributed by atoms with Crippen LogP contribution < -0.4 is 0 Å². The van der Waals surface area contributed by atoms with Crippen molar-refractivity contribution in [3.63, 3.8) is 0 Å². The van der Waals surface area contributed by atoms with Gasteiger partial charge in [0.15, 0.2) is 17.4 Å². The van der Waals surface area contributed by atoms with E-state index in [9.17, 15) is 0 Å². The quantitative estimate of drug-likeness (QED) is 0.703. The van der Waals surface area contributed by atoms with Gasteiger partial charge in [0.1, 0.15) is 11.5 Å². The molecule has 0 spiro atoms. The zero-order chi connectivity index (χ0) is 10.1. The predicted molar refractivity (Wildman–Crippen MR) is 53.0 cm³/mol. The molecule has 2 aromatic rings. The van der Waals surface area contributed by atoms with Crippen LogP contribution >= 0.6 is 11.8 Å². The summed E-state index contributed by atoms with van der Waals surface area (Å²) in [5, 5.41) is 8.95. The minimum Gasteiger partial charge on any atom is -0.448 e. The van der Waals surface area contributed by atoms with E-state index in [1.165, 1.54) is 6.39 Å². The highest BCUT2D eigenvalue weighted by Gasteiger charge is 2.14. The van der Waals surface area contributed by atoms with Gasteiger partial charge in [-0.3, -0.25) is 0 Å². The minimum absolute atomic E-state index is 0.737. The summed E-state index contributed by atoms with van der Waals surface area (Å²) in [6, 6.07) is 0. The Balaban J connectivity index is 2.52. The fourth-order valence-electron chi connectivity index (χ4n) is 1.22. The van der Waals surface area contributed by atoms with Gasteiger partial charge in [-0.1, -0.05) is 11.8 Å². The lowest BCUT2D eigenvalue weighted by Gasteiger charge is -1.98. The number of hydrogen-bond acceptors (Lipinski definition) is 5. The number of rotatable bonds is 2.